The Balaban J connectivity index is 1.74. The lowest BCUT2D eigenvalue weighted by molar-refractivity contribution is 0.0928. The molecule has 0 atom stereocenters. The summed E-state index contributed by atoms with van der Waals surface area (Å²) in [6.07, 6.45) is 7.44. The minimum atomic E-state index is -0.0681. The first-order valence-corrected chi connectivity index (χ1v) is 8.38. The summed E-state index contributed by atoms with van der Waals surface area (Å²) in [6.45, 7) is 0. The molecule has 23 heavy (non-hydrogen) atoms. The quantitative estimate of drug-likeness (QED) is 0.865. The molecule has 1 aliphatic rings. The minimum Gasteiger partial charge on any atom is -0.349 e. The van der Waals surface area contributed by atoms with E-state index in [1.54, 1.807) is 30.5 Å². The maximum atomic E-state index is 12.6. The first-order valence-electron chi connectivity index (χ1n) is 8.01. The van der Waals surface area contributed by atoms with Gasteiger partial charge in [-0.05, 0) is 49.2 Å². The number of benzene rings is 1. The second-order valence-electron chi connectivity index (χ2n) is 5.84. The van der Waals surface area contributed by atoms with Crippen molar-refractivity contribution in [3.63, 3.8) is 0 Å². The molecule has 1 amide bonds. The lowest BCUT2D eigenvalue weighted by Crippen LogP contribution is -2.36. The average Bonchev–Trinajstić information content (AvgIpc) is 2.58. The van der Waals surface area contributed by atoms with E-state index in [4.69, 9.17) is 11.6 Å². The highest BCUT2D eigenvalue weighted by molar-refractivity contribution is 6.30. The maximum absolute atomic E-state index is 12.6. The number of carbonyl (C=O) groups excluding carboxylic acids is 1. The normalized spacial score (nSPS) is 15.2. The van der Waals surface area contributed by atoms with E-state index in [0.717, 1.165) is 18.5 Å². The van der Waals surface area contributed by atoms with Crippen LogP contribution in [-0.2, 0) is 0 Å². The molecule has 3 rings (SSSR count). The zero-order valence-corrected chi connectivity index (χ0v) is 13.6. The zero-order chi connectivity index (χ0) is 16.1. The van der Waals surface area contributed by atoms with Crippen LogP contribution in [0.4, 0.5) is 11.5 Å². The highest BCUT2D eigenvalue weighted by atomic mass is 35.5. The molecule has 1 aliphatic carbocycles. The van der Waals surface area contributed by atoms with Crippen LogP contribution >= 0.6 is 11.6 Å². The summed E-state index contributed by atoms with van der Waals surface area (Å²) in [5.74, 6) is 0.490. The SMILES string of the molecule is O=C(NC1CCCCC1)c1cccnc1Nc1ccc(Cl)cc1. The molecule has 0 spiro atoms. The van der Waals surface area contributed by atoms with Gasteiger partial charge < -0.3 is 10.6 Å². The summed E-state index contributed by atoms with van der Waals surface area (Å²) in [5, 5.41) is 6.99. The summed E-state index contributed by atoms with van der Waals surface area (Å²) in [5.41, 5.74) is 1.41. The van der Waals surface area contributed by atoms with Gasteiger partial charge in [0.15, 0.2) is 0 Å². The molecule has 0 saturated heterocycles. The Kier molecular flexibility index (Phi) is 5.13. The smallest absolute Gasteiger partial charge is 0.255 e. The topological polar surface area (TPSA) is 54.0 Å². The van der Waals surface area contributed by atoms with E-state index in [1.807, 2.05) is 12.1 Å². The number of halogens is 1. The maximum Gasteiger partial charge on any atom is 0.255 e. The molecule has 1 aromatic heterocycles. The van der Waals surface area contributed by atoms with Gasteiger partial charge in [0, 0.05) is 22.9 Å². The van der Waals surface area contributed by atoms with Crippen LogP contribution in [0.5, 0.6) is 0 Å². The summed E-state index contributed by atoms with van der Waals surface area (Å²) < 4.78 is 0. The highest BCUT2D eigenvalue weighted by Crippen LogP contribution is 2.22. The van der Waals surface area contributed by atoms with Crippen LogP contribution in [0.25, 0.3) is 0 Å². The summed E-state index contributed by atoms with van der Waals surface area (Å²) in [6, 6.07) is 11.2. The molecule has 0 unspecified atom stereocenters. The van der Waals surface area contributed by atoms with E-state index in [0.29, 0.717) is 16.4 Å². The Morgan fingerprint density at radius 1 is 1.09 bits per heavy atom. The predicted molar refractivity (Wildman–Crippen MR) is 93.3 cm³/mol. The van der Waals surface area contributed by atoms with E-state index < -0.39 is 0 Å². The van der Waals surface area contributed by atoms with Gasteiger partial charge in [-0.3, -0.25) is 4.79 Å². The van der Waals surface area contributed by atoms with Crippen molar-refractivity contribution in [1.29, 1.82) is 0 Å². The fourth-order valence-corrected chi connectivity index (χ4v) is 2.99. The lowest BCUT2D eigenvalue weighted by Gasteiger charge is -2.23. The third kappa shape index (κ3) is 4.23. The van der Waals surface area contributed by atoms with E-state index in [9.17, 15) is 4.79 Å². The minimum absolute atomic E-state index is 0.0681. The summed E-state index contributed by atoms with van der Waals surface area (Å²) in [7, 11) is 0. The van der Waals surface area contributed by atoms with Crippen LogP contribution in [-0.4, -0.2) is 16.9 Å². The molecule has 120 valence electrons. The van der Waals surface area contributed by atoms with Gasteiger partial charge in [-0.25, -0.2) is 4.98 Å². The third-order valence-corrected chi connectivity index (χ3v) is 4.35. The molecule has 0 radical (unpaired) electrons. The van der Waals surface area contributed by atoms with Gasteiger partial charge >= 0.3 is 0 Å². The molecule has 1 saturated carbocycles. The van der Waals surface area contributed by atoms with Crippen molar-refractivity contribution in [1.82, 2.24) is 10.3 Å². The van der Waals surface area contributed by atoms with Gasteiger partial charge in [-0.2, -0.15) is 0 Å². The number of pyridine rings is 1. The first-order chi connectivity index (χ1) is 11.2. The van der Waals surface area contributed by atoms with Crippen molar-refractivity contribution in [2.45, 2.75) is 38.1 Å². The van der Waals surface area contributed by atoms with Crippen molar-refractivity contribution in [3.05, 3.63) is 53.2 Å². The van der Waals surface area contributed by atoms with Crippen LogP contribution in [0.15, 0.2) is 42.6 Å². The molecule has 2 aromatic rings. The number of hydrogen-bond acceptors (Lipinski definition) is 3. The molecule has 2 N–H and O–H groups in total. The average molecular weight is 330 g/mol. The van der Waals surface area contributed by atoms with E-state index in [-0.39, 0.29) is 11.9 Å². The predicted octanol–water partition coefficient (Wildman–Crippen LogP) is 4.54. The second kappa shape index (κ2) is 7.47. The number of aromatic nitrogens is 1. The number of carbonyl (C=O) groups is 1. The van der Waals surface area contributed by atoms with Crippen LogP contribution in [0.2, 0.25) is 5.02 Å². The Hall–Kier alpha value is -2.07. The summed E-state index contributed by atoms with van der Waals surface area (Å²) >= 11 is 5.90. The van der Waals surface area contributed by atoms with Crippen LogP contribution in [0.1, 0.15) is 42.5 Å². The molecule has 1 aromatic carbocycles. The number of rotatable bonds is 4. The number of nitrogens with one attached hydrogen (secondary N) is 2. The molecule has 5 heteroatoms. The fraction of sp³-hybridized carbons (Fsp3) is 0.333. The van der Waals surface area contributed by atoms with Gasteiger partial charge in [0.25, 0.3) is 5.91 Å². The Morgan fingerprint density at radius 2 is 1.83 bits per heavy atom. The molecular weight excluding hydrogens is 310 g/mol. The number of amides is 1. The number of anilines is 2. The Bertz CT molecular complexity index is 666. The Morgan fingerprint density at radius 3 is 2.57 bits per heavy atom. The molecular formula is C18H20ClN3O. The molecule has 0 aliphatic heterocycles. The molecule has 4 nitrogen and oxygen atoms in total. The van der Waals surface area contributed by atoms with Crippen LogP contribution in [0.3, 0.4) is 0 Å². The largest absolute Gasteiger partial charge is 0.349 e. The standard InChI is InChI=1S/C18H20ClN3O/c19-13-8-10-15(11-9-13)21-17-16(7-4-12-20-17)18(23)22-14-5-2-1-3-6-14/h4,7-12,14H,1-3,5-6H2,(H,20,21)(H,22,23). The van der Waals surface area contributed by atoms with Crippen molar-refractivity contribution in [2.75, 3.05) is 5.32 Å². The summed E-state index contributed by atoms with van der Waals surface area (Å²) in [4.78, 5) is 16.9. The van der Waals surface area contributed by atoms with E-state index in [1.165, 1.54) is 19.3 Å². The number of nitrogens with zero attached hydrogens (tertiary/aromatic N) is 1. The van der Waals surface area contributed by atoms with Gasteiger partial charge in [-0.15, -0.1) is 0 Å². The van der Waals surface area contributed by atoms with Gasteiger partial charge in [0.1, 0.15) is 5.82 Å². The van der Waals surface area contributed by atoms with Crippen molar-refractivity contribution < 1.29 is 4.79 Å². The number of hydrogen-bond donors (Lipinski definition) is 2. The van der Waals surface area contributed by atoms with E-state index >= 15 is 0 Å². The van der Waals surface area contributed by atoms with Gasteiger partial charge in [-0.1, -0.05) is 30.9 Å². The third-order valence-electron chi connectivity index (χ3n) is 4.10. The van der Waals surface area contributed by atoms with E-state index in [2.05, 4.69) is 15.6 Å². The van der Waals surface area contributed by atoms with Crippen LogP contribution in [0, 0.1) is 0 Å². The highest BCUT2D eigenvalue weighted by Gasteiger charge is 2.19. The van der Waals surface area contributed by atoms with Crippen molar-refractivity contribution in [3.8, 4) is 0 Å². The molecule has 0 bridgehead atoms. The lowest BCUT2D eigenvalue weighted by atomic mass is 9.95. The van der Waals surface area contributed by atoms with Gasteiger partial charge in [0.05, 0.1) is 5.56 Å². The second-order valence-corrected chi connectivity index (χ2v) is 6.28. The zero-order valence-electron chi connectivity index (χ0n) is 12.9. The first kappa shape index (κ1) is 15.8. The Labute approximate surface area is 141 Å². The van der Waals surface area contributed by atoms with Crippen molar-refractivity contribution in [2.24, 2.45) is 0 Å². The monoisotopic (exact) mass is 329 g/mol. The van der Waals surface area contributed by atoms with Gasteiger partial charge in [0.2, 0.25) is 0 Å². The van der Waals surface area contributed by atoms with Crippen molar-refractivity contribution >= 4 is 29.0 Å². The molecule has 1 fully saturated rings. The van der Waals surface area contributed by atoms with Crippen LogP contribution < -0.4 is 10.6 Å². The molecule has 1 heterocycles. The fourth-order valence-electron chi connectivity index (χ4n) is 2.87.